The normalized spacial score (nSPS) is 15.3. The number of para-hydroxylation sites is 1. The third-order valence-corrected chi connectivity index (χ3v) is 4.11. The van der Waals surface area contributed by atoms with E-state index in [4.69, 9.17) is 4.42 Å². The number of amides is 2. The van der Waals surface area contributed by atoms with Gasteiger partial charge in [0.1, 0.15) is 5.76 Å². The van der Waals surface area contributed by atoms with Crippen molar-refractivity contribution in [2.45, 2.75) is 12.7 Å². The number of benzene rings is 1. The molecule has 1 aliphatic rings. The van der Waals surface area contributed by atoms with Crippen molar-refractivity contribution < 1.29 is 22.4 Å². The van der Waals surface area contributed by atoms with Crippen molar-refractivity contribution >= 4 is 11.7 Å². The number of hydrogen-bond donors (Lipinski definition) is 1. The standard InChI is InChI=1S/C17H18F3N3O2/c18-17(19,20)14-5-1-2-6-15(14)22-7-9-23(10-8-22)16(24)21-12-13-4-3-11-25-13/h1-6,11H,7-10,12H2,(H,21,24). The molecule has 134 valence electrons. The minimum Gasteiger partial charge on any atom is -0.467 e. The van der Waals surface area contributed by atoms with Gasteiger partial charge in [0.05, 0.1) is 18.4 Å². The van der Waals surface area contributed by atoms with Crippen LogP contribution in [0.1, 0.15) is 11.3 Å². The zero-order valence-corrected chi connectivity index (χ0v) is 13.4. The van der Waals surface area contributed by atoms with E-state index in [1.165, 1.54) is 18.4 Å². The second kappa shape index (κ2) is 7.08. The number of urea groups is 1. The van der Waals surface area contributed by atoms with Crippen LogP contribution in [0.4, 0.5) is 23.7 Å². The van der Waals surface area contributed by atoms with Gasteiger partial charge < -0.3 is 19.5 Å². The van der Waals surface area contributed by atoms with Crippen LogP contribution in [0.5, 0.6) is 0 Å². The number of carbonyl (C=O) groups excluding carboxylic acids is 1. The van der Waals surface area contributed by atoms with Gasteiger partial charge in [0.15, 0.2) is 0 Å². The third-order valence-electron chi connectivity index (χ3n) is 4.11. The van der Waals surface area contributed by atoms with E-state index in [0.29, 0.717) is 31.9 Å². The maximum Gasteiger partial charge on any atom is 0.418 e. The SMILES string of the molecule is O=C(NCc1ccco1)N1CCN(c2ccccc2C(F)(F)F)CC1. The summed E-state index contributed by atoms with van der Waals surface area (Å²) in [5.41, 5.74) is -0.489. The molecule has 1 fully saturated rings. The first-order valence-electron chi connectivity index (χ1n) is 7.91. The number of furan rings is 1. The highest BCUT2D eigenvalue weighted by Gasteiger charge is 2.35. The number of anilines is 1. The van der Waals surface area contributed by atoms with E-state index < -0.39 is 11.7 Å². The zero-order chi connectivity index (χ0) is 17.9. The van der Waals surface area contributed by atoms with Crippen molar-refractivity contribution in [2.75, 3.05) is 31.1 Å². The predicted octanol–water partition coefficient (Wildman–Crippen LogP) is 3.33. The van der Waals surface area contributed by atoms with E-state index in [1.54, 1.807) is 28.0 Å². The van der Waals surface area contributed by atoms with Crippen LogP contribution in [0.2, 0.25) is 0 Å². The van der Waals surface area contributed by atoms with Crippen molar-refractivity contribution in [1.82, 2.24) is 10.2 Å². The highest BCUT2D eigenvalue weighted by Crippen LogP contribution is 2.36. The Morgan fingerprint density at radius 1 is 1.08 bits per heavy atom. The van der Waals surface area contributed by atoms with Gasteiger partial charge >= 0.3 is 12.2 Å². The molecule has 3 rings (SSSR count). The first-order valence-corrected chi connectivity index (χ1v) is 7.91. The highest BCUT2D eigenvalue weighted by atomic mass is 19.4. The molecule has 2 aromatic rings. The monoisotopic (exact) mass is 353 g/mol. The molecule has 1 N–H and O–H groups in total. The number of nitrogens with one attached hydrogen (secondary N) is 1. The number of halogens is 3. The Bertz CT molecular complexity index is 708. The van der Waals surface area contributed by atoms with E-state index in [0.717, 1.165) is 6.07 Å². The molecule has 0 radical (unpaired) electrons. The predicted molar refractivity (Wildman–Crippen MR) is 86.2 cm³/mol. The summed E-state index contributed by atoms with van der Waals surface area (Å²) in [6.07, 6.45) is -2.87. The van der Waals surface area contributed by atoms with Crippen LogP contribution in [-0.2, 0) is 12.7 Å². The quantitative estimate of drug-likeness (QED) is 0.921. The minimum absolute atomic E-state index is 0.158. The average molecular weight is 353 g/mol. The molecule has 2 heterocycles. The second-order valence-electron chi connectivity index (χ2n) is 5.73. The topological polar surface area (TPSA) is 48.7 Å². The summed E-state index contributed by atoms with van der Waals surface area (Å²) in [6.45, 7) is 1.69. The third kappa shape index (κ3) is 4.07. The Balaban J connectivity index is 1.58. The molecule has 8 heteroatoms. The molecule has 25 heavy (non-hydrogen) atoms. The molecule has 0 bridgehead atoms. The molecular formula is C17H18F3N3O2. The van der Waals surface area contributed by atoms with Gasteiger partial charge in [0.25, 0.3) is 0 Å². The molecule has 0 unspecified atom stereocenters. The average Bonchev–Trinajstić information content (AvgIpc) is 3.13. The van der Waals surface area contributed by atoms with Crippen LogP contribution in [0.15, 0.2) is 47.1 Å². The molecule has 0 spiro atoms. The summed E-state index contributed by atoms with van der Waals surface area (Å²) >= 11 is 0. The van der Waals surface area contributed by atoms with Gasteiger partial charge in [-0.3, -0.25) is 0 Å². The summed E-state index contributed by atoms with van der Waals surface area (Å²) < 4.78 is 44.5. The number of piperazine rings is 1. The lowest BCUT2D eigenvalue weighted by molar-refractivity contribution is -0.137. The van der Waals surface area contributed by atoms with Crippen molar-refractivity contribution in [2.24, 2.45) is 0 Å². The fourth-order valence-corrected chi connectivity index (χ4v) is 2.83. The van der Waals surface area contributed by atoms with Crippen molar-refractivity contribution in [3.63, 3.8) is 0 Å². The molecule has 1 aliphatic heterocycles. The van der Waals surface area contributed by atoms with E-state index in [-0.39, 0.29) is 18.3 Å². The van der Waals surface area contributed by atoms with Crippen LogP contribution in [0.25, 0.3) is 0 Å². The number of carbonyl (C=O) groups is 1. The summed E-state index contributed by atoms with van der Waals surface area (Å²) in [7, 11) is 0. The molecule has 0 atom stereocenters. The Hall–Kier alpha value is -2.64. The van der Waals surface area contributed by atoms with Crippen LogP contribution in [0.3, 0.4) is 0 Å². The molecule has 1 aromatic carbocycles. The largest absolute Gasteiger partial charge is 0.467 e. The van der Waals surface area contributed by atoms with Crippen molar-refractivity contribution in [1.29, 1.82) is 0 Å². The number of alkyl halides is 3. The Morgan fingerprint density at radius 2 is 1.80 bits per heavy atom. The maximum atomic E-state index is 13.1. The first-order chi connectivity index (χ1) is 11.9. The van der Waals surface area contributed by atoms with Crippen molar-refractivity contribution in [3.8, 4) is 0 Å². The number of hydrogen-bond acceptors (Lipinski definition) is 3. The summed E-state index contributed by atoms with van der Waals surface area (Å²) in [6, 6.07) is 8.76. The Kier molecular flexibility index (Phi) is 4.87. The van der Waals surface area contributed by atoms with Gasteiger partial charge in [0, 0.05) is 31.9 Å². The van der Waals surface area contributed by atoms with Gasteiger partial charge in [-0.25, -0.2) is 4.79 Å². The Labute approximate surface area is 143 Å². The number of nitrogens with zero attached hydrogens (tertiary/aromatic N) is 2. The van der Waals surface area contributed by atoms with Gasteiger partial charge in [-0.05, 0) is 24.3 Å². The van der Waals surface area contributed by atoms with Crippen LogP contribution in [0, 0.1) is 0 Å². The second-order valence-corrected chi connectivity index (χ2v) is 5.73. The van der Waals surface area contributed by atoms with E-state index in [1.807, 2.05) is 0 Å². The lowest BCUT2D eigenvalue weighted by atomic mass is 10.1. The molecule has 5 nitrogen and oxygen atoms in total. The zero-order valence-electron chi connectivity index (χ0n) is 13.4. The maximum absolute atomic E-state index is 13.1. The molecule has 1 aromatic heterocycles. The molecule has 0 aliphatic carbocycles. The lowest BCUT2D eigenvalue weighted by Gasteiger charge is -2.37. The number of rotatable bonds is 3. The van der Waals surface area contributed by atoms with E-state index in [9.17, 15) is 18.0 Å². The van der Waals surface area contributed by atoms with Gasteiger partial charge in [-0.2, -0.15) is 13.2 Å². The highest BCUT2D eigenvalue weighted by molar-refractivity contribution is 5.74. The smallest absolute Gasteiger partial charge is 0.418 e. The van der Waals surface area contributed by atoms with E-state index in [2.05, 4.69) is 5.32 Å². The lowest BCUT2D eigenvalue weighted by Crippen LogP contribution is -2.52. The van der Waals surface area contributed by atoms with Gasteiger partial charge in [0.2, 0.25) is 0 Å². The van der Waals surface area contributed by atoms with E-state index >= 15 is 0 Å². The van der Waals surface area contributed by atoms with Crippen molar-refractivity contribution in [3.05, 3.63) is 54.0 Å². The first kappa shape index (κ1) is 17.2. The summed E-state index contributed by atoms with van der Waals surface area (Å²) in [4.78, 5) is 15.4. The van der Waals surface area contributed by atoms with Crippen LogP contribution in [-0.4, -0.2) is 37.1 Å². The molecular weight excluding hydrogens is 335 g/mol. The molecule has 2 amide bonds. The molecule has 0 saturated carbocycles. The van der Waals surface area contributed by atoms with Gasteiger partial charge in [-0.1, -0.05) is 12.1 Å². The summed E-state index contributed by atoms with van der Waals surface area (Å²) in [5.74, 6) is 0.645. The summed E-state index contributed by atoms with van der Waals surface area (Å²) in [5, 5.41) is 2.74. The van der Waals surface area contributed by atoms with Crippen LogP contribution >= 0.6 is 0 Å². The Morgan fingerprint density at radius 3 is 2.44 bits per heavy atom. The van der Waals surface area contributed by atoms with Gasteiger partial charge in [-0.15, -0.1) is 0 Å². The van der Waals surface area contributed by atoms with Crippen LogP contribution < -0.4 is 10.2 Å². The minimum atomic E-state index is -4.39. The fourth-order valence-electron chi connectivity index (χ4n) is 2.83. The fraction of sp³-hybridized carbons (Fsp3) is 0.353. The molecule has 1 saturated heterocycles.